The third-order valence-corrected chi connectivity index (χ3v) is 4.94. The van der Waals surface area contributed by atoms with E-state index in [4.69, 9.17) is 4.74 Å². The van der Waals surface area contributed by atoms with Crippen LogP contribution in [0.25, 0.3) is 0 Å². The van der Waals surface area contributed by atoms with Crippen LogP contribution in [-0.4, -0.2) is 60.5 Å². The third-order valence-electron chi connectivity index (χ3n) is 4.94. The molecule has 0 radical (unpaired) electrons. The van der Waals surface area contributed by atoms with E-state index >= 15 is 0 Å². The van der Waals surface area contributed by atoms with Crippen molar-refractivity contribution in [2.24, 2.45) is 5.92 Å². The fraction of sp³-hybridized carbons (Fsp3) is 0.640. The minimum atomic E-state index is -0.698. The second-order valence-electron chi connectivity index (χ2n) is 9.74. The minimum absolute atomic E-state index is 0.149. The lowest BCUT2D eigenvalue weighted by molar-refractivity contribution is -0.138. The number of nitrogens with one attached hydrogen (secondary N) is 3. The van der Waals surface area contributed by atoms with Crippen molar-refractivity contribution >= 4 is 18.5 Å². The first-order valence-electron chi connectivity index (χ1n) is 11.8. The van der Waals surface area contributed by atoms with Gasteiger partial charge in [0.05, 0.1) is 12.1 Å². The number of hydrogen-bond donors (Lipinski definition) is 4. The molecular formula is C25H41N3O6. The molecule has 1 aromatic rings. The second-order valence-corrected chi connectivity index (χ2v) is 9.74. The quantitative estimate of drug-likeness (QED) is 0.422. The molecule has 1 heterocycles. The highest BCUT2D eigenvalue weighted by molar-refractivity contribution is 5.85. The Morgan fingerprint density at radius 2 is 1.91 bits per heavy atom. The number of ether oxygens (including phenoxy) is 2. The van der Waals surface area contributed by atoms with Crippen LogP contribution >= 0.6 is 0 Å². The lowest BCUT2D eigenvalue weighted by Crippen LogP contribution is -2.53. The Bertz CT molecular complexity index is 736. The first-order chi connectivity index (χ1) is 16.0. The van der Waals surface area contributed by atoms with Crippen LogP contribution in [0.3, 0.4) is 0 Å². The van der Waals surface area contributed by atoms with Crippen LogP contribution in [0, 0.1) is 5.92 Å². The number of hydrogen-bond acceptors (Lipinski definition) is 7. The summed E-state index contributed by atoms with van der Waals surface area (Å²) >= 11 is 0. The predicted octanol–water partition coefficient (Wildman–Crippen LogP) is 2.51. The zero-order valence-electron chi connectivity index (χ0n) is 21.0. The first-order valence-corrected chi connectivity index (χ1v) is 11.8. The molecule has 1 aliphatic rings. The normalized spacial score (nSPS) is 19.0. The summed E-state index contributed by atoms with van der Waals surface area (Å²) in [6, 6.07) is 8.36. The maximum atomic E-state index is 12.7. The fourth-order valence-corrected chi connectivity index (χ4v) is 3.24. The molecule has 1 saturated heterocycles. The number of benzene rings is 1. The molecule has 2 rings (SSSR count). The SMILES string of the molecule is CC(C)(C)OC=O.CC(C)C[C@H](NC(=O)OCc1ccccc1)C(=O)NC1CCCNCC1O. The Balaban J connectivity index is 0.000000718. The van der Waals surface area contributed by atoms with Crippen molar-refractivity contribution in [1.29, 1.82) is 0 Å². The summed E-state index contributed by atoms with van der Waals surface area (Å²) in [4.78, 5) is 34.5. The fourth-order valence-electron chi connectivity index (χ4n) is 3.24. The van der Waals surface area contributed by atoms with Crippen LogP contribution in [0.5, 0.6) is 0 Å². The zero-order chi connectivity index (χ0) is 25.6. The molecule has 1 aliphatic heterocycles. The lowest BCUT2D eigenvalue weighted by Gasteiger charge is -2.26. The van der Waals surface area contributed by atoms with Gasteiger partial charge in [0.25, 0.3) is 6.47 Å². The highest BCUT2D eigenvalue weighted by atomic mass is 16.5. The van der Waals surface area contributed by atoms with Crippen molar-refractivity contribution in [3.8, 4) is 0 Å². The molecule has 9 heteroatoms. The number of amides is 2. The van der Waals surface area contributed by atoms with Gasteiger partial charge in [0.15, 0.2) is 0 Å². The summed E-state index contributed by atoms with van der Waals surface area (Å²) < 4.78 is 9.78. The number of aliphatic hydroxyl groups is 1. The predicted molar refractivity (Wildman–Crippen MR) is 130 cm³/mol. The maximum Gasteiger partial charge on any atom is 0.408 e. The summed E-state index contributed by atoms with van der Waals surface area (Å²) in [5.74, 6) is -0.0674. The molecule has 34 heavy (non-hydrogen) atoms. The third kappa shape index (κ3) is 13.2. The molecule has 3 atom stereocenters. The van der Waals surface area contributed by atoms with Gasteiger partial charge in [-0.3, -0.25) is 9.59 Å². The van der Waals surface area contributed by atoms with E-state index in [1.54, 1.807) is 0 Å². The molecule has 1 fully saturated rings. The van der Waals surface area contributed by atoms with Crippen LogP contribution < -0.4 is 16.0 Å². The average Bonchev–Trinajstić information content (AvgIpc) is 2.96. The van der Waals surface area contributed by atoms with Crippen LogP contribution in [0.15, 0.2) is 30.3 Å². The number of rotatable bonds is 8. The van der Waals surface area contributed by atoms with E-state index in [1.165, 1.54) is 0 Å². The first kappa shape index (κ1) is 29.4. The maximum absolute atomic E-state index is 12.7. The molecule has 0 bridgehead atoms. The molecule has 0 saturated carbocycles. The molecule has 192 valence electrons. The van der Waals surface area contributed by atoms with Gasteiger partial charge in [-0.1, -0.05) is 44.2 Å². The number of β-amino-alcohol motifs (C(OH)–C–C–N with tert-alkyl or cyclic N) is 1. The smallest absolute Gasteiger partial charge is 0.408 e. The van der Waals surface area contributed by atoms with Gasteiger partial charge in [0.1, 0.15) is 18.2 Å². The number of aliphatic hydroxyl groups excluding tert-OH is 1. The van der Waals surface area contributed by atoms with E-state index in [-0.39, 0.29) is 30.1 Å². The van der Waals surface area contributed by atoms with E-state index < -0.39 is 18.2 Å². The van der Waals surface area contributed by atoms with E-state index in [0.717, 1.165) is 18.5 Å². The molecule has 4 N–H and O–H groups in total. The monoisotopic (exact) mass is 479 g/mol. The Hall–Kier alpha value is -2.65. The Morgan fingerprint density at radius 1 is 1.24 bits per heavy atom. The van der Waals surface area contributed by atoms with Crippen molar-refractivity contribution in [2.75, 3.05) is 13.1 Å². The number of carbonyl (C=O) groups excluding carboxylic acids is 3. The molecular weight excluding hydrogens is 438 g/mol. The summed E-state index contributed by atoms with van der Waals surface area (Å²) in [7, 11) is 0. The van der Waals surface area contributed by atoms with Gasteiger partial charge < -0.3 is 30.5 Å². The van der Waals surface area contributed by atoms with Crippen molar-refractivity contribution in [2.45, 2.75) is 84.3 Å². The van der Waals surface area contributed by atoms with Crippen molar-refractivity contribution in [3.63, 3.8) is 0 Å². The van der Waals surface area contributed by atoms with E-state index in [1.807, 2.05) is 65.0 Å². The molecule has 1 aromatic carbocycles. The summed E-state index contributed by atoms with van der Waals surface area (Å²) in [6.07, 6.45) is 0.813. The van der Waals surface area contributed by atoms with E-state index in [2.05, 4.69) is 20.7 Å². The van der Waals surface area contributed by atoms with Crippen molar-refractivity contribution < 1.29 is 29.0 Å². The largest absolute Gasteiger partial charge is 0.462 e. The highest BCUT2D eigenvalue weighted by Gasteiger charge is 2.28. The second kappa shape index (κ2) is 15.3. The van der Waals surface area contributed by atoms with E-state index in [0.29, 0.717) is 25.9 Å². The van der Waals surface area contributed by atoms with Crippen LogP contribution in [0.4, 0.5) is 4.79 Å². The minimum Gasteiger partial charge on any atom is -0.462 e. The topological polar surface area (TPSA) is 126 Å². The van der Waals surface area contributed by atoms with Crippen LogP contribution in [-0.2, 0) is 25.7 Å². The zero-order valence-corrected chi connectivity index (χ0v) is 21.0. The van der Waals surface area contributed by atoms with Gasteiger partial charge >= 0.3 is 6.09 Å². The van der Waals surface area contributed by atoms with Gasteiger partial charge in [0.2, 0.25) is 5.91 Å². The van der Waals surface area contributed by atoms with Crippen LogP contribution in [0.2, 0.25) is 0 Å². The average molecular weight is 480 g/mol. The summed E-state index contributed by atoms with van der Waals surface area (Å²) in [5.41, 5.74) is 0.563. The standard InChI is InChI=1S/C20H31N3O4.C5H10O2/c1-14(2)11-17(19(25)22-16-9-6-10-21-12-18(16)24)23-20(26)27-13-15-7-4-3-5-8-15;1-5(2,3)7-4-6/h3-5,7-8,14,16-18,21,24H,6,9-13H2,1-2H3,(H,22,25)(H,23,26);4H,1-3H3/t16?,17-,18?;/m0./s1. The highest BCUT2D eigenvalue weighted by Crippen LogP contribution is 2.10. The molecule has 0 spiro atoms. The Kier molecular flexibility index (Phi) is 13.2. The molecule has 2 amide bonds. The van der Waals surface area contributed by atoms with Gasteiger partial charge in [-0.2, -0.15) is 0 Å². The number of alkyl carbamates (subject to hydrolysis) is 1. The number of carbonyl (C=O) groups is 3. The van der Waals surface area contributed by atoms with Crippen molar-refractivity contribution in [1.82, 2.24) is 16.0 Å². The van der Waals surface area contributed by atoms with Crippen molar-refractivity contribution in [3.05, 3.63) is 35.9 Å². The van der Waals surface area contributed by atoms with Gasteiger partial charge in [0, 0.05) is 6.54 Å². The molecule has 0 aromatic heterocycles. The summed E-state index contributed by atoms with van der Waals surface area (Å²) in [6.45, 7) is 11.3. The summed E-state index contributed by atoms with van der Waals surface area (Å²) in [5, 5.41) is 18.9. The lowest BCUT2D eigenvalue weighted by atomic mass is 10.0. The van der Waals surface area contributed by atoms with Gasteiger partial charge in [-0.05, 0) is 58.1 Å². The van der Waals surface area contributed by atoms with Gasteiger partial charge in [-0.15, -0.1) is 0 Å². The molecule has 0 aliphatic carbocycles. The Labute approximate surface area is 203 Å². The molecule has 2 unspecified atom stereocenters. The Morgan fingerprint density at radius 3 is 2.47 bits per heavy atom. The van der Waals surface area contributed by atoms with E-state index in [9.17, 15) is 19.5 Å². The van der Waals surface area contributed by atoms with Gasteiger partial charge in [-0.25, -0.2) is 4.79 Å². The molecule has 9 nitrogen and oxygen atoms in total. The van der Waals surface area contributed by atoms with Crippen LogP contribution in [0.1, 0.15) is 59.4 Å².